The summed E-state index contributed by atoms with van der Waals surface area (Å²) in [6.07, 6.45) is 3.07. The maximum Gasteiger partial charge on any atom is 0.123 e. The summed E-state index contributed by atoms with van der Waals surface area (Å²) in [4.78, 5) is 7.50. The minimum atomic E-state index is -0.211. The number of rotatable bonds is 6. The molecule has 1 fully saturated rings. The topological polar surface area (TPSA) is 21.1 Å². The summed E-state index contributed by atoms with van der Waals surface area (Å²) in [5, 5.41) is 0. The quantitative estimate of drug-likeness (QED) is 0.386. The number of aromatic nitrogens is 2. The van der Waals surface area contributed by atoms with Crippen molar-refractivity contribution >= 4 is 11.0 Å². The van der Waals surface area contributed by atoms with Gasteiger partial charge in [0.05, 0.1) is 11.0 Å². The summed E-state index contributed by atoms with van der Waals surface area (Å²) in [5.41, 5.74) is 4.40. The summed E-state index contributed by atoms with van der Waals surface area (Å²) in [6.45, 7) is 3.75. The van der Waals surface area contributed by atoms with Gasteiger partial charge in [0.15, 0.2) is 0 Å². The standard InChI is InChI=1S/C27H27F2N3/c28-23-9-5-20(6-10-23)13-16-31-17-14-22(15-18-31)27-30-25-3-1-2-4-26(25)32(27)19-21-7-11-24(29)12-8-21/h1-12,22H,13-19H2. The Labute approximate surface area is 187 Å². The van der Waals surface area contributed by atoms with Crippen LogP contribution in [0.4, 0.5) is 8.78 Å². The second kappa shape index (κ2) is 9.21. The van der Waals surface area contributed by atoms with Crippen molar-refractivity contribution in [1.82, 2.24) is 14.5 Å². The highest BCUT2D eigenvalue weighted by Crippen LogP contribution is 2.31. The molecule has 0 aliphatic carbocycles. The number of imidazole rings is 1. The number of halogens is 2. The molecule has 0 amide bonds. The SMILES string of the molecule is Fc1ccc(CCN2CCC(c3nc4ccccc4n3Cc3ccc(F)cc3)CC2)cc1. The number of benzene rings is 3. The number of hydrogen-bond donors (Lipinski definition) is 0. The summed E-state index contributed by atoms with van der Waals surface area (Å²) >= 11 is 0. The first-order valence-corrected chi connectivity index (χ1v) is 11.3. The Hall–Kier alpha value is -3.05. The van der Waals surface area contributed by atoms with E-state index in [-0.39, 0.29) is 11.6 Å². The van der Waals surface area contributed by atoms with Gasteiger partial charge in [-0.05, 0) is 79.9 Å². The van der Waals surface area contributed by atoms with Crippen molar-refractivity contribution in [2.75, 3.05) is 19.6 Å². The van der Waals surface area contributed by atoms with E-state index in [4.69, 9.17) is 4.98 Å². The first kappa shape index (κ1) is 20.8. The van der Waals surface area contributed by atoms with Gasteiger partial charge >= 0.3 is 0 Å². The smallest absolute Gasteiger partial charge is 0.123 e. The van der Waals surface area contributed by atoms with Gasteiger partial charge in [0.1, 0.15) is 17.5 Å². The average molecular weight is 432 g/mol. The zero-order chi connectivity index (χ0) is 21.9. The van der Waals surface area contributed by atoms with Gasteiger partial charge in [-0.2, -0.15) is 0 Å². The molecule has 32 heavy (non-hydrogen) atoms. The Bertz CT molecular complexity index is 1170. The van der Waals surface area contributed by atoms with Crippen LogP contribution in [0.15, 0.2) is 72.8 Å². The van der Waals surface area contributed by atoms with E-state index in [1.807, 2.05) is 36.4 Å². The van der Waals surface area contributed by atoms with Crippen LogP contribution in [-0.4, -0.2) is 34.1 Å². The van der Waals surface area contributed by atoms with Crippen LogP contribution in [0.2, 0.25) is 0 Å². The molecule has 2 heterocycles. The third-order valence-electron chi connectivity index (χ3n) is 6.52. The molecular weight excluding hydrogens is 404 g/mol. The number of fused-ring (bicyclic) bond motifs is 1. The molecule has 164 valence electrons. The lowest BCUT2D eigenvalue weighted by Gasteiger charge is -2.32. The van der Waals surface area contributed by atoms with Gasteiger partial charge in [-0.25, -0.2) is 13.8 Å². The van der Waals surface area contributed by atoms with E-state index in [2.05, 4.69) is 21.6 Å². The van der Waals surface area contributed by atoms with Crippen LogP contribution in [0, 0.1) is 11.6 Å². The molecule has 0 bridgehead atoms. The van der Waals surface area contributed by atoms with Crippen LogP contribution in [-0.2, 0) is 13.0 Å². The largest absolute Gasteiger partial charge is 0.323 e. The van der Waals surface area contributed by atoms with E-state index in [0.717, 1.165) is 61.3 Å². The van der Waals surface area contributed by atoms with Crippen molar-refractivity contribution in [2.45, 2.75) is 31.7 Å². The first-order chi connectivity index (χ1) is 15.7. The second-order valence-electron chi connectivity index (χ2n) is 8.66. The van der Waals surface area contributed by atoms with E-state index in [9.17, 15) is 8.78 Å². The lowest BCUT2D eigenvalue weighted by atomic mass is 9.95. The minimum Gasteiger partial charge on any atom is -0.323 e. The van der Waals surface area contributed by atoms with E-state index < -0.39 is 0 Å². The highest BCUT2D eigenvalue weighted by atomic mass is 19.1. The second-order valence-corrected chi connectivity index (χ2v) is 8.66. The molecule has 0 saturated carbocycles. The molecule has 1 aliphatic rings. The van der Waals surface area contributed by atoms with Crippen LogP contribution >= 0.6 is 0 Å². The van der Waals surface area contributed by atoms with Crippen LogP contribution in [0.25, 0.3) is 11.0 Å². The van der Waals surface area contributed by atoms with Crippen molar-refractivity contribution in [3.05, 3.63) is 101 Å². The molecule has 4 aromatic rings. The van der Waals surface area contributed by atoms with Gasteiger partial charge in [-0.3, -0.25) is 0 Å². The van der Waals surface area contributed by atoms with Crippen molar-refractivity contribution < 1.29 is 8.78 Å². The van der Waals surface area contributed by atoms with Crippen LogP contribution in [0.3, 0.4) is 0 Å². The number of para-hydroxylation sites is 2. The van der Waals surface area contributed by atoms with E-state index in [1.54, 1.807) is 0 Å². The monoisotopic (exact) mass is 431 g/mol. The molecule has 0 radical (unpaired) electrons. The molecule has 3 aromatic carbocycles. The fourth-order valence-corrected chi connectivity index (χ4v) is 4.70. The number of hydrogen-bond acceptors (Lipinski definition) is 2. The molecule has 5 heteroatoms. The Kier molecular flexibility index (Phi) is 5.99. The highest BCUT2D eigenvalue weighted by molar-refractivity contribution is 5.76. The Morgan fingerprint density at radius 1 is 0.781 bits per heavy atom. The number of piperidine rings is 1. The summed E-state index contributed by atoms with van der Waals surface area (Å²) in [7, 11) is 0. The molecule has 1 aliphatic heterocycles. The van der Waals surface area contributed by atoms with E-state index in [1.165, 1.54) is 29.8 Å². The molecule has 0 atom stereocenters. The van der Waals surface area contributed by atoms with Gasteiger partial charge < -0.3 is 9.47 Å². The summed E-state index contributed by atoms with van der Waals surface area (Å²) in [6, 6.07) is 21.8. The average Bonchev–Trinajstić information content (AvgIpc) is 3.19. The predicted octanol–water partition coefficient (Wildman–Crippen LogP) is 5.78. The summed E-state index contributed by atoms with van der Waals surface area (Å²) < 4.78 is 28.8. The molecule has 0 N–H and O–H groups in total. The molecule has 0 spiro atoms. The van der Waals surface area contributed by atoms with Crippen LogP contribution in [0.5, 0.6) is 0 Å². The van der Waals surface area contributed by atoms with E-state index in [0.29, 0.717) is 12.5 Å². The highest BCUT2D eigenvalue weighted by Gasteiger charge is 2.25. The van der Waals surface area contributed by atoms with Crippen molar-refractivity contribution in [3.8, 4) is 0 Å². The maximum absolute atomic E-state index is 13.4. The Morgan fingerprint density at radius 3 is 2.09 bits per heavy atom. The van der Waals surface area contributed by atoms with Crippen LogP contribution in [0.1, 0.15) is 35.7 Å². The zero-order valence-electron chi connectivity index (χ0n) is 18.1. The maximum atomic E-state index is 13.4. The molecule has 3 nitrogen and oxygen atoms in total. The van der Waals surface area contributed by atoms with Crippen molar-refractivity contribution in [2.24, 2.45) is 0 Å². The molecular formula is C27H27F2N3. The summed E-state index contributed by atoms with van der Waals surface area (Å²) in [5.74, 6) is 1.15. The van der Waals surface area contributed by atoms with Gasteiger partial charge in [0.2, 0.25) is 0 Å². The Morgan fingerprint density at radius 2 is 1.41 bits per heavy atom. The normalized spacial score (nSPS) is 15.4. The predicted molar refractivity (Wildman–Crippen MR) is 124 cm³/mol. The number of nitrogens with zero attached hydrogens (tertiary/aromatic N) is 3. The molecule has 0 unspecified atom stereocenters. The first-order valence-electron chi connectivity index (χ1n) is 11.3. The molecule has 5 rings (SSSR count). The fraction of sp³-hybridized carbons (Fsp3) is 0.296. The lowest BCUT2D eigenvalue weighted by molar-refractivity contribution is 0.210. The van der Waals surface area contributed by atoms with Crippen molar-refractivity contribution in [1.29, 1.82) is 0 Å². The minimum absolute atomic E-state index is 0.182. The van der Waals surface area contributed by atoms with Crippen molar-refractivity contribution in [3.63, 3.8) is 0 Å². The van der Waals surface area contributed by atoms with E-state index >= 15 is 0 Å². The molecule has 1 saturated heterocycles. The Balaban J connectivity index is 1.29. The third-order valence-corrected chi connectivity index (χ3v) is 6.52. The van der Waals surface area contributed by atoms with Gasteiger partial charge in [0, 0.05) is 19.0 Å². The third kappa shape index (κ3) is 4.58. The zero-order valence-corrected chi connectivity index (χ0v) is 18.1. The fourth-order valence-electron chi connectivity index (χ4n) is 4.70. The van der Waals surface area contributed by atoms with Gasteiger partial charge in [0.25, 0.3) is 0 Å². The lowest BCUT2D eigenvalue weighted by Crippen LogP contribution is -2.35. The van der Waals surface area contributed by atoms with Crippen LogP contribution < -0.4 is 0 Å². The van der Waals surface area contributed by atoms with Gasteiger partial charge in [-0.15, -0.1) is 0 Å². The number of likely N-dealkylation sites (tertiary alicyclic amines) is 1. The van der Waals surface area contributed by atoms with Gasteiger partial charge in [-0.1, -0.05) is 36.4 Å². The molecule has 1 aromatic heterocycles.